The second-order valence-corrected chi connectivity index (χ2v) is 3.34. The molecule has 0 aromatic rings. The smallest absolute Gasteiger partial charge is 0.191 e. The van der Waals surface area contributed by atoms with Crippen LogP contribution in [0.3, 0.4) is 0 Å². The van der Waals surface area contributed by atoms with E-state index in [4.69, 9.17) is 0 Å². The summed E-state index contributed by atoms with van der Waals surface area (Å²) in [5, 5.41) is 23.3. The summed E-state index contributed by atoms with van der Waals surface area (Å²) in [7, 11) is 0. The molecule has 4 nitrogen and oxygen atoms in total. The van der Waals surface area contributed by atoms with E-state index < -0.39 is 0 Å². The molecule has 0 saturated carbocycles. The van der Waals surface area contributed by atoms with Crippen LogP contribution in [-0.4, -0.2) is 10.9 Å². The Morgan fingerprint density at radius 1 is 1.42 bits per heavy atom. The van der Waals surface area contributed by atoms with Crippen LogP contribution in [-0.2, 0) is 0 Å². The lowest BCUT2D eigenvalue weighted by molar-refractivity contribution is -0.573. The van der Waals surface area contributed by atoms with Gasteiger partial charge in [0.2, 0.25) is 0 Å². The minimum Gasteiger partial charge on any atom is -0.739 e. The van der Waals surface area contributed by atoms with Crippen molar-refractivity contribution in [1.29, 1.82) is 0 Å². The SMILES string of the molecule is CCCCC(C(C)C)/[N+]([O-])=N/[O-]. The summed E-state index contributed by atoms with van der Waals surface area (Å²) < 4.78 is 0. The molecule has 0 rings (SSSR count). The van der Waals surface area contributed by atoms with E-state index in [9.17, 15) is 10.4 Å². The topological polar surface area (TPSA) is 61.5 Å². The molecule has 0 aliphatic carbocycles. The third-order valence-electron chi connectivity index (χ3n) is 1.99. The Balaban J connectivity index is 4.04. The Hall–Kier alpha value is -0.800. The van der Waals surface area contributed by atoms with Crippen molar-refractivity contribution in [3.05, 3.63) is 10.4 Å². The fraction of sp³-hybridized carbons (Fsp3) is 1.00. The fourth-order valence-electron chi connectivity index (χ4n) is 1.17. The molecule has 4 heteroatoms. The van der Waals surface area contributed by atoms with E-state index >= 15 is 0 Å². The van der Waals surface area contributed by atoms with Gasteiger partial charge in [-0.3, -0.25) is 0 Å². The van der Waals surface area contributed by atoms with Gasteiger partial charge in [-0.05, 0) is 11.7 Å². The minimum absolute atomic E-state index is 0.187. The third-order valence-corrected chi connectivity index (χ3v) is 1.99. The van der Waals surface area contributed by atoms with Crippen molar-refractivity contribution in [2.45, 2.75) is 46.1 Å². The molecule has 0 aliphatic rings. The van der Waals surface area contributed by atoms with E-state index in [2.05, 4.69) is 12.2 Å². The lowest BCUT2D eigenvalue weighted by Gasteiger charge is -2.17. The average Bonchev–Trinajstić information content (AvgIpc) is 2.04. The van der Waals surface area contributed by atoms with Gasteiger partial charge in [0.05, 0.1) is 0 Å². The Bertz CT molecular complexity index is 146. The molecule has 0 N–H and O–H groups in total. The molecule has 12 heavy (non-hydrogen) atoms. The van der Waals surface area contributed by atoms with Crippen LogP contribution >= 0.6 is 0 Å². The molecule has 0 aromatic heterocycles. The molecule has 0 heterocycles. The van der Waals surface area contributed by atoms with Gasteiger partial charge >= 0.3 is 0 Å². The van der Waals surface area contributed by atoms with Gasteiger partial charge < -0.3 is 10.4 Å². The molecule has 0 saturated heterocycles. The second kappa shape index (κ2) is 5.80. The van der Waals surface area contributed by atoms with Crippen molar-refractivity contribution in [3.63, 3.8) is 0 Å². The highest BCUT2D eigenvalue weighted by Crippen LogP contribution is 2.13. The first-order valence-electron chi connectivity index (χ1n) is 4.43. The summed E-state index contributed by atoms with van der Waals surface area (Å²) >= 11 is 0. The predicted octanol–water partition coefficient (Wildman–Crippen LogP) is 2.66. The molecular weight excluding hydrogens is 156 g/mol. The third kappa shape index (κ3) is 3.55. The van der Waals surface area contributed by atoms with E-state index in [1.807, 2.05) is 13.8 Å². The minimum atomic E-state index is -0.248. The molecule has 1 atom stereocenters. The van der Waals surface area contributed by atoms with E-state index in [0.717, 1.165) is 19.3 Å². The zero-order chi connectivity index (χ0) is 9.56. The van der Waals surface area contributed by atoms with Crippen LogP contribution in [0.5, 0.6) is 0 Å². The number of hydroxylamine groups is 1. The Labute approximate surface area is 73.4 Å². The number of unbranched alkanes of at least 4 members (excludes halogenated alkanes) is 1. The first-order chi connectivity index (χ1) is 5.63. The Morgan fingerprint density at radius 2 is 2.00 bits per heavy atom. The van der Waals surface area contributed by atoms with Gasteiger partial charge in [0, 0.05) is 12.3 Å². The van der Waals surface area contributed by atoms with E-state index in [-0.39, 0.29) is 12.0 Å². The second-order valence-electron chi connectivity index (χ2n) is 3.34. The molecule has 0 amide bonds. The molecule has 0 aromatic carbocycles. The van der Waals surface area contributed by atoms with Crippen LogP contribution in [0.25, 0.3) is 0 Å². The van der Waals surface area contributed by atoms with Crippen LogP contribution in [0, 0.1) is 16.3 Å². The van der Waals surface area contributed by atoms with Crippen molar-refractivity contribution in [2.24, 2.45) is 11.2 Å². The van der Waals surface area contributed by atoms with Gasteiger partial charge in [0.15, 0.2) is 6.04 Å². The Kier molecular flexibility index (Phi) is 5.41. The monoisotopic (exact) mass is 173 g/mol. The maximum atomic E-state index is 10.9. The fourth-order valence-corrected chi connectivity index (χ4v) is 1.17. The molecule has 0 bridgehead atoms. The normalized spacial score (nSPS) is 15.2. The summed E-state index contributed by atoms with van der Waals surface area (Å²) in [6.07, 6.45) is 2.76. The highest BCUT2D eigenvalue weighted by atomic mass is 16.6. The quantitative estimate of drug-likeness (QED) is 0.364. The number of hydrogen-bond acceptors (Lipinski definition) is 3. The van der Waals surface area contributed by atoms with Crippen molar-refractivity contribution in [2.75, 3.05) is 0 Å². The van der Waals surface area contributed by atoms with E-state index in [0.29, 0.717) is 4.86 Å². The Morgan fingerprint density at radius 3 is 2.33 bits per heavy atom. The van der Waals surface area contributed by atoms with Gasteiger partial charge in [-0.15, -0.1) is 0 Å². The van der Waals surface area contributed by atoms with Gasteiger partial charge in [-0.1, -0.05) is 32.1 Å². The van der Waals surface area contributed by atoms with Gasteiger partial charge in [-0.2, -0.15) is 0 Å². The maximum Gasteiger partial charge on any atom is 0.191 e. The lowest BCUT2D eigenvalue weighted by atomic mass is 9.99. The molecule has 0 spiro atoms. The van der Waals surface area contributed by atoms with Crippen LogP contribution in [0.1, 0.15) is 40.0 Å². The summed E-state index contributed by atoms with van der Waals surface area (Å²) in [5.74, 6) is 0.187. The van der Waals surface area contributed by atoms with E-state index in [1.54, 1.807) is 0 Å². The lowest BCUT2D eigenvalue weighted by Crippen LogP contribution is -2.25. The molecule has 72 valence electrons. The van der Waals surface area contributed by atoms with Gasteiger partial charge in [0.1, 0.15) is 0 Å². The number of nitrogens with zero attached hydrogens (tertiary/aromatic N) is 2. The molecule has 0 radical (unpaired) electrons. The zero-order valence-corrected chi connectivity index (χ0v) is 7.99. The maximum absolute atomic E-state index is 10.9. The van der Waals surface area contributed by atoms with Crippen molar-refractivity contribution < 1.29 is 4.86 Å². The van der Waals surface area contributed by atoms with Crippen LogP contribution in [0.4, 0.5) is 0 Å². The largest absolute Gasteiger partial charge is 0.739 e. The van der Waals surface area contributed by atoms with Crippen LogP contribution in [0.15, 0.2) is 5.28 Å². The van der Waals surface area contributed by atoms with Gasteiger partial charge in [-0.25, -0.2) is 0 Å². The summed E-state index contributed by atoms with van der Waals surface area (Å²) in [4.78, 5) is 0.292. The van der Waals surface area contributed by atoms with Crippen molar-refractivity contribution in [3.8, 4) is 0 Å². The highest BCUT2D eigenvalue weighted by molar-refractivity contribution is 4.60. The molecule has 0 aliphatic heterocycles. The van der Waals surface area contributed by atoms with Crippen LogP contribution < -0.4 is 0 Å². The standard InChI is InChI=1S/C8H18N2O2/c1-4-5-6-8(7(2)3)10(12)9-11/h7-8,11H,4-6H2,1-3H3/p-1/b10-9-. The summed E-state index contributed by atoms with van der Waals surface area (Å²) in [5.41, 5.74) is 0. The summed E-state index contributed by atoms with van der Waals surface area (Å²) in [6, 6.07) is -0.248. The van der Waals surface area contributed by atoms with Gasteiger partial charge in [0.25, 0.3) is 0 Å². The van der Waals surface area contributed by atoms with Crippen molar-refractivity contribution in [1.82, 2.24) is 0 Å². The number of rotatable bonds is 5. The number of hydrogen-bond donors (Lipinski definition) is 0. The molecular formula is C8H17N2O2-. The molecule has 0 fully saturated rings. The van der Waals surface area contributed by atoms with Crippen LogP contribution in [0.2, 0.25) is 0 Å². The average molecular weight is 173 g/mol. The first-order valence-corrected chi connectivity index (χ1v) is 4.43. The van der Waals surface area contributed by atoms with Crippen molar-refractivity contribution >= 4 is 0 Å². The predicted molar refractivity (Wildman–Crippen MR) is 47.6 cm³/mol. The highest BCUT2D eigenvalue weighted by Gasteiger charge is 2.20. The molecule has 1 unspecified atom stereocenters. The van der Waals surface area contributed by atoms with E-state index in [1.165, 1.54) is 0 Å². The first kappa shape index (κ1) is 11.2. The zero-order valence-electron chi connectivity index (χ0n) is 7.99. The summed E-state index contributed by atoms with van der Waals surface area (Å²) in [6.45, 7) is 5.91.